The topological polar surface area (TPSA) is 68.5 Å². The third-order valence-electron chi connectivity index (χ3n) is 4.49. The molecule has 1 aromatic heterocycles. The van der Waals surface area contributed by atoms with E-state index in [0.717, 1.165) is 5.56 Å². The van der Waals surface area contributed by atoms with E-state index in [1.807, 2.05) is 0 Å². The average Bonchev–Trinajstić information content (AvgIpc) is 3.20. The van der Waals surface area contributed by atoms with Crippen molar-refractivity contribution in [3.8, 4) is 0 Å². The zero-order valence-corrected chi connectivity index (χ0v) is 14.3. The molecule has 0 unspecified atom stereocenters. The van der Waals surface area contributed by atoms with Gasteiger partial charge in [0.1, 0.15) is 17.7 Å². The Hall–Kier alpha value is -3.41. The molecule has 4 rings (SSSR count). The molecule has 2 heterocycles. The Balaban J connectivity index is 1.53. The van der Waals surface area contributed by atoms with Gasteiger partial charge in [-0.05, 0) is 53.6 Å². The largest absolute Gasteiger partial charge is 0.467 e. The molecular weight excluding hydrogens is 349 g/mol. The predicted octanol–water partition coefficient (Wildman–Crippen LogP) is 3.80. The monoisotopic (exact) mass is 365 g/mol. The third-order valence-corrected chi connectivity index (χ3v) is 4.49. The SMILES string of the molecule is O=C(NCc1ccco1)c1ccc2c(c1)C[C@@H](c1ccc(F)cc1)OC2=O. The highest BCUT2D eigenvalue weighted by Crippen LogP contribution is 2.31. The van der Waals surface area contributed by atoms with Crippen molar-refractivity contribution in [1.29, 1.82) is 0 Å². The lowest BCUT2D eigenvalue weighted by Crippen LogP contribution is -2.25. The van der Waals surface area contributed by atoms with Crippen LogP contribution >= 0.6 is 0 Å². The third kappa shape index (κ3) is 3.60. The van der Waals surface area contributed by atoms with Crippen LogP contribution in [0.2, 0.25) is 0 Å². The molecule has 27 heavy (non-hydrogen) atoms. The van der Waals surface area contributed by atoms with Crippen molar-refractivity contribution < 1.29 is 23.1 Å². The predicted molar refractivity (Wildman–Crippen MR) is 94.6 cm³/mol. The minimum atomic E-state index is -0.507. The van der Waals surface area contributed by atoms with E-state index in [2.05, 4.69) is 5.32 Å². The molecule has 1 aliphatic heterocycles. The molecule has 1 N–H and O–H groups in total. The summed E-state index contributed by atoms with van der Waals surface area (Å²) in [6.45, 7) is 0.281. The van der Waals surface area contributed by atoms with Crippen molar-refractivity contribution in [3.05, 3.63) is 94.7 Å². The number of rotatable bonds is 4. The van der Waals surface area contributed by atoms with Crippen LogP contribution in [0.3, 0.4) is 0 Å². The number of furan rings is 1. The number of carbonyl (C=O) groups excluding carboxylic acids is 2. The summed E-state index contributed by atoms with van der Waals surface area (Å²) in [5.41, 5.74) is 2.33. The maximum absolute atomic E-state index is 13.1. The molecule has 1 atom stereocenters. The number of hydrogen-bond acceptors (Lipinski definition) is 4. The molecular formula is C21H16FNO4. The summed E-state index contributed by atoms with van der Waals surface area (Å²) >= 11 is 0. The number of ether oxygens (including phenoxy) is 1. The zero-order valence-electron chi connectivity index (χ0n) is 14.3. The fourth-order valence-corrected chi connectivity index (χ4v) is 3.08. The first-order chi connectivity index (χ1) is 13.1. The second kappa shape index (κ2) is 7.07. The molecule has 0 radical (unpaired) electrons. The van der Waals surface area contributed by atoms with Crippen molar-refractivity contribution in [2.45, 2.75) is 19.1 Å². The van der Waals surface area contributed by atoms with Crippen molar-refractivity contribution >= 4 is 11.9 Å². The van der Waals surface area contributed by atoms with E-state index in [1.165, 1.54) is 12.1 Å². The van der Waals surface area contributed by atoms with Crippen LogP contribution in [0.5, 0.6) is 0 Å². The van der Waals surface area contributed by atoms with E-state index >= 15 is 0 Å². The van der Waals surface area contributed by atoms with E-state index in [9.17, 15) is 14.0 Å². The number of carbonyl (C=O) groups is 2. The van der Waals surface area contributed by atoms with Gasteiger partial charge >= 0.3 is 5.97 Å². The second-order valence-electron chi connectivity index (χ2n) is 6.28. The second-order valence-corrected chi connectivity index (χ2v) is 6.28. The zero-order chi connectivity index (χ0) is 18.8. The lowest BCUT2D eigenvalue weighted by molar-refractivity contribution is 0.0252. The Morgan fingerprint density at radius 3 is 2.70 bits per heavy atom. The number of nitrogens with one attached hydrogen (secondary N) is 1. The molecule has 1 aliphatic rings. The van der Waals surface area contributed by atoms with E-state index in [4.69, 9.17) is 9.15 Å². The van der Waals surface area contributed by atoms with Crippen LogP contribution in [0.25, 0.3) is 0 Å². The number of amides is 1. The molecule has 0 spiro atoms. The van der Waals surface area contributed by atoms with Gasteiger partial charge in [0.25, 0.3) is 5.91 Å². The Morgan fingerprint density at radius 1 is 1.15 bits per heavy atom. The lowest BCUT2D eigenvalue weighted by Gasteiger charge is -2.25. The van der Waals surface area contributed by atoms with Gasteiger partial charge in [-0.15, -0.1) is 0 Å². The van der Waals surface area contributed by atoms with Crippen molar-refractivity contribution in [2.75, 3.05) is 0 Å². The molecule has 0 aliphatic carbocycles. The molecule has 3 aromatic rings. The van der Waals surface area contributed by atoms with Gasteiger partial charge in [-0.3, -0.25) is 4.79 Å². The van der Waals surface area contributed by atoms with Crippen LogP contribution in [0, 0.1) is 5.82 Å². The van der Waals surface area contributed by atoms with Gasteiger partial charge in [-0.1, -0.05) is 12.1 Å². The van der Waals surface area contributed by atoms with Crippen LogP contribution < -0.4 is 5.32 Å². The molecule has 0 saturated carbocycles. The Labute approximate surface area is 154 Å². The Morgan fingerprint density at radius 2 is 1.96 bits per heavy atom. The normalized spacial score (nSPS) is 15.7. The minimum absolute atomic E-state index is 0.258. The van der Waals surface area contributed by atoms with Gasteiger partial charge in [0.2, 0.25) is 0 Å². The lowest BCUT2D eigenvalue weighted by atomic mass is 9.93. The van der Waals surface area contributed by atoms with Gasteiger partial charge in [0, 0.05) is 12.0 Å². The van der Waals surface area contributed by atoms with Crippen molar-refractivity contribution in [1.82, 2.24) is 5.32 Å². The van der Waals surface area contributed by atoms with Gasteiger partial charge in [0.15, 0.2) is 0 Å². The number of halogens is 1. The molecule has 0 saturated heterocycles. The number of hydrogen-bond donors (Lipinski definition) is 1. The highest BCUT2D eigenvalue weighted by atomic mass is 19.1. The van der Waals surface area contributed by atoms with Crippen LogP contribution in [0.1, 0.15) is 43.7 Å². The van der Waals surface area contributed by atoms with E-state index in [-0.39, 0.29) is 18.3 Å². The summed E-state index contributed by atoms with van der Waals surface area (Å²) in [6, 6.07) is 14.3. The number of esters is 1. The number of fused-ring (bicyclic) bond motifs is 1. The first kappa shape index (κ1) is 17.0. The quantitative estimate of drug-likeness (QED) is 0.714. The summed E-state index contributed by atoms with van der Waals surface area (Å²) in [5.74, 6) is -0.405. The highest BCUT2D eigenvalue weighted by Gasteiger charge is 2.28. The molecule has 6 heteroatoms. The molecule has 2 aromatic carbocycles. The van der Waals surface area contributed by atoms with Crippen molar-refractivity contribution in [3.63, 3.8) is 0 Å². The van der Waals surface area contributed by atoms with Crippen LogP contribution in [-0.4, -0.2) is 11.9 Å². The molecule has 5 nitrogen and oxygen atoms in total. The summed E-state index contributed by atoms with van der Waals surface area (Å²) in [4.78, 5) is 24.7. The smallest absolute Gasteiger partial charge is 0.339 e. The summed E-state index contributed by atoms with van der Waals surface area (Å²) in [6.07, 6.45) is 1.46. The molecule has 136 valence electrons. The Bertz CT molecular complexity index is 980. The van der Waals surface area contributed by atoms with E-state index in [0.29, 0.717) is 28.9 Å². The van der Waals surface area contributed by atoms with Gasteiger partial charge in [0.05, 0.1) is 18.4 Å². The van der Waals surface area contributed by atoms with Crippen LogP contribution in [0.4, 0.5) is 4.39 Å². The van der Waals surface area contributed by atoms with Gasteiger partial charge in [-0.25, -0.2) is 9.18 Å². The summed E-state index contributed by atoms with van der Waals surface area (Å²) < 4.78 is 23.8. The number of benzene rings is 2. The maximum Gasteiger partial charge on any atom is 0.339 e. The first-order valence-corrected chi connectivity index (χ1v) is 8.50. The van der Waals surface area contributed by atoms with Crippen LogP contribution in [0.15, 0.2) is 65.3 Å². The minimum Gasteiger partial charge on any atom is -0.467 e. The fourth-order valence-electron chi connectivity index (χ4n) is 3.08. The van der Waals surface area contributed by atoms with E-state index in [1.54, 1.807) is 48.7 Å². The molecule has 1 amide bonds. The first-order valence-electron chi connectivity index (χ1n) is 8.50. The van der Waals surface area contributed by atoms with Crippen LogP contribution in [-0.2, 0) is 17.7 Å². The average molecular weight is 365 g/mol. The Kier molecular flexibility index (Phi) is 4.46. The molecule has 0 bridgehead atoms. The van der Waals surface area contributed by atoms with Gasteiger partial charge < -0.3 is 14.5 Å². The number of cyclic esters (lactones) is 1. The standard InChI is InChI=1S/C21H16FNO4/c22-16-6-3-13(4-7-16)19-11-15-10-14(5-8-18(15)21(25)27-19)20(24)23-12-17-2-1-9-26-17/h1-10,19H,11-12H2,(H,23,24)/t19-/m0/s1. The van der Waals surface area contributed by atoms with E-state index < -0.39 is 12.1 Å². The summed E-state index contributed by atoms with van der Waals surface area (Å²) in [5, 5.41) is 2.78. The maximum atomic E-state index is 13.1. The van der Waals surface area contributed by atoms with Crippen molar-refractivity contribution in [2.24, 2.45) is 0 Å². The highest BCUT2D eigenvalue weighted by molar-refractivity contribution is 5.97. The fraction of sp³-hybridized carbons (Fsp3) is 0.143. The molecule has 0 fully saturated rings. The van der Waals surface area contributed by atoms with Gasteiger partial charge in [-0.2, -0.15) is 0 Å². The summed E-state index contributed by atoms with van der Waals surface area (Å²) in [7, 11) is 0.